The molecule has 0 aliphatic carbocycles. The van der Waals surface area contributed by atoms with Gasteiger partial charge in [-0.25, -0.2) is 4.98 Å². The molecular formula is C33H42N4O. The minimum atomic E-state index is 0.640. The van der Waals surface area contributed by atoms with Gasteiger partial charge in [0.25, 0.3) is 0 Å². The zero-order chi connectivity index (χ0) is 27.1. The predicted molar refractivity (Wildman–Crippen MR) is 163 cm³/mol. The number of oxazole rings is 1. The lowest BCUT2D eigenvalue weighted by Crippen LogP contribution is -2.21. The molecule has 5 nitrogen and oxygen atoms in total. The highest BCUT2D eigenvalue weighted by molar-refractivity contribution is 5.80. The summed E-state index contributed by atoms with van der Waals surface area (Å²) in [7, 11) is 0. The molecule has 0 aliphatic heterocycles. The zero-order valence-corrected chi connectivity index (χ0v) is 23.9. The molecule has 0 saturated carbocycles. The summed E-state index contributed by atoms with van der Waals surface area (Å²) >= 11 is 0. The summed E-state index contributed by atoms with van der Waals surface area (Å²) < 4.78 is 6.52. The molecule has 0 unspecified atom stereocenters. The van der Waals surface area contributed by atoms with Crippen LogP contribution in [0.4, 0.5) is 17.1 Å². The van der Waals surface area contributed by atoms with Gasteiger partial charge in [0, 0.05) is 73.0 Å². The summed E-state index contributed by atoms with van der Waals surface area (Å²) in [6.45, 7) is 19.0. The molecular weight excluding hydrogens is 468 g/mol. The largest absolute Gasteiger partial charge is 0.435 e. The molecule has 0 aliphatic rings. The number of benzene rings is 3. The maximum absolute atomic E-state index is 6.52. The highest BCUT2D eigenvalue weighted by atomic mass is 16.4. The van der Waals surface area contributed by atoms with Gasteiger partial charge in [-0.3, -0.25) is 0 Å². The Kier molecular flexibility index (Phi) is 9.11. The Hall–Kier alpha value is -3.73. The van der Waals surface area contributed by atoms with Gasteiger partial charge < -0.3 is 19.1 Å². The number of aromatic nitrogens is 1. The van der Waals surface area contributed by atoms with E-state index in [1.807, 2.05) is 0 Å². The normalized spacial score (nSPS) is 11.0. The molecule has 0 fully saturated rings. The number of hydrogen-bond donors (Lipinski definition) is 0. The third-order valence-corrected chi connectivity index (χ3v) is 7.40. The number of anilines is 3. The van der Waals surface area contributed by atoms with Crippen LogP contribution >= 0.6 is 0 Å². The minimum Gasteiger partial charge on any atom is -0.435 e. The van der Waals surface area contributed by atoms with Crippen LogP contribution in [0.25, 0.3) is 34.0 Å². The van der Waals surface area contributed by atoms with Crippen LogP contribution in [0.1, 0.15) is 41.5 Å². The fraction of sp³-hybridized carbons (Fsp3) is 0.364. The van der Waals surface area contributed by atoms with Crippen LogP contribution in [0.5, 0.6) is 0 Å². The molecule has 1 aromatic heterocycles. The van der Waals surface area contributed by atoms with Crippen molar-refractivity contribution in [1.82, 2.24) is 4.98 Å². The van der Waals surface area contributed by atoms with Crippen LogP contribution in [-0.4, -0.2) is 44.3 Å². The van der Waals surface area contributed by atoms with Gasteiger partial charge in [-0.05, 0) is 102 Å². The van der Waals surface area contributed by atoms with Crippen molar-refractivity contribution in [3.05, 3.63) is 72.8 Å². The second kappa shape index (κ2) is 12.7. The van der Waals surface area contributed by atoms with Crippen molar-refractivity contribution in [3.8, 4) is 34.0 Å². The van der Waals surface area contributed by atoms with E-state index < -0.39 is 0 Å². The van der Waals surface area contributed by atoms with E-state index in [1.165, 1.54) is 17.1 Å². The average Bonchev–Trinajstić information content (AvgIpc) is 3.42. The molecule has 1 heterocycles. The lowest BCUT2D eigenvalue weighted by molar-refractivity contribution is 0.589. The van der Waals surface area contributed by atoms with Gasteiger partial charge in [0.1, 0.15) is 5.69 Å². The molecule has 0 amide bonds. The Bertz CT molecular complexity index is 1190. The van der Waals surface area contributed by atoms with Gasteiger partial charge in [0.05, 0.1) is 0 Å². The fourth-order valence-electron chi connectivity index (χ4n) is 5.07. The van der Waals surface area contributed by atoms with Crippen molar-refractivity contribution >= 4 is 17.1 Å². The van der Waals surface area contributed by atoms with E-state index in [9.17, 15) is 0 Å². The van der Waals surface area contributed by atoms with Crippen LogP contribution in [-0.2, 0) is 0 Å². The monoisotopic (exact) mass is 510 g/mol. The first-order chi connectivity index (χ1) is 18.6. The molecule has 4 aromatic rings. The van der Waals surface area contributed by atoms with Crippen molar-refractivity contribution in [2.24, 2.45) is 0 Å². The third-order valence-electron chi connectivity index (χ3n) is 7.40. The van der Waals surface area contributed by atoms with Crippen LogP contribution in [0.3, 0.4) is 0 Å². The van der Waals surface area contributed by atoms with E-state index in [4.69, 9.17) is 9.40 Å². The standard InChI is InChI=1S/C33H42N4O/c1-7-35(8-2)28-19-13-25(14-20-28)31-32(26-15-21-29(22-16-26)36(9-3)10-4)38-33(34-31)27-17-23-30(24-18-27)37(11-5)12-6/h13-24H,7-12H2,1-6H3. The van der Waals surface area contributed by atoms with Gasteiger partial charge >= 0.3 is 0 Å². The van der Waals surface area contributed by atoms with Crippen molar-refractivity contribution < 1.29 is 4.42 Å². The first kappa shape index (κ1) is 27.3. The number of hydrogen-bond acceptors (Lipinski definition) is 5. The van der Waals surface area contributed by atoms with E-state index in [1.54, 1.807) is 0 Å². The number of nitrogens with zero attached hydrogens (tertiary/aromatic N) is 4. The van der Waals surface area contributed by atoms with Crippen molar-refractivity contribution in [3.63, 3.8) is 0 Å². The Labute approximate surface area is 228 Å². The molecule has 0 atom stereocenters. The molecule has 3 aromatic carbocycles. The Morgan fingerprint density at radius 1 is 0.474 bits per heavy atom. The van der Waals surface area contributed by atoms with Crippen molar-refractivity contribution in [1.29, 1.82) is 0 Å². The first-order valence-electron chi connectivity index (χ1n) is 14.1. The van der Waals surface area contributed by atoms with Crippen molar-refractivity contribution in [2.45, 2.75) is 41.5 Å². The fourth-order valence-corrected chi connectivity index (χ4v) is 5.07. The Balaban J connectivity index is 1.76. The minimum absolute atomic E-state index is 0.640. The molecule has 0 N–H and O–H groups in total. The summed E-state index contributed by atoms with van der Waals surface area (Å²) in [4.78, 5) is 12.1. The summed E-state index contributed by atoms with van der Waals surface area (Å²) in [6.07, 6.45) is 0. The van der Waals surface area contributed by atoms with E-state index in [0.717, 1.165) is 67.4 Å². The number of rotatable bonds is 12. The quantitative estimate of drug-likeness (QED) is 0.192. The molecule has 5 heteroatoms. The zero-order valence-electron chi connectivity index (χ0n) is 23.9. The smallest absolute Gasteiger partial charge is 0.227 e. The van der Waals surface area contributed by atoms with Crippen LogP contribution in [0.15, 0.2) is 77.2 Å². The van der Waals surface area contributed by atoms with Crippen LogP contribution in [0, 0.1) is 0 Å². The topological polar surface area (TPSA) is 35.8 Å². The summed E-state index contributed by atoms with van der Waals surface area (Å²) in [5.74, 6) is 1.44. The molecule has 0 saturated heterocycles. The Morgan fingerprint density at radius 3 is 1.18 bits per heavy atom. The van der Waals surface area contributed by atoms with Gasteiger partial charge in [0.15, 0.2) is 5.76 Å². The second-order valence-electron chi connectivity index (χ2n) is 9.35. The highest BCUT2D eigenvalue weighted by Gasteiger charge is 2.19. The van der Waals surface area contributed by atoms with Gasteiger partial charge in [0.2, 0.25) is 5.89 Å². The maximum Gasteiger partial charge on any atom is 0.227 e. The average molecular weight is 511 g/mol. The lowest BCUT2D eigenvalue weighted by atomic mass is 10.0. The van der Waals surface area contributed by atoms with Gasteiger partial charge in [-0.1, -0.05) is 12.1 Å². The molecule has 0 spiro atoms. The second-order valence-corrected chi connectivity index (χ2v) is 9.35. The Morgan fingerprint density at radius 2 is 0.816 bits per heavy atom. The molecule has 0 radical (unpaired) electrons. The SMILES string of the molecule is CCN(CC)c1ccc(-c2nc(-c3ccc(N(CC)CC)cc3)c(-c3ccc(N(CC)CC)cc3)o2)cc1. The lowest BCUT2D eigenvalue weighted by Gasteiger charge is -2.21. The summed E-state index contributed by atoms with van der Waals surface area (Å²) in [6, 6.07) is 25.9. The van der Waals surface area contributed by atoms with E-state index in [0.29, 0.717) is 5.89 Å². The summed E-state index contributed by atoms with van der Waals surface area (Å²) in [5, 5.41) is 0. The first-order valence-corrected chi connectivity index (χ1v) is 14.1. The highest BCUT2D eigenvalue weighted by Crippen LogP contribution is 2.37. The van der Waals surface area contributed by atoms with Crippen LogP contribution in [0.2, 0.25) is 0 Å². The van der Waals surface area contributed by atoms with Gasteiger partial charge in [-0.15, -0.1) is 0 Å². The molecule has 4 rings (SSSR count). The molecule has 200 valence electrons. The van der Waals surface area contributed by atoms with Crippen LogP contribution < -0.4 is 14.7 Å². The van der Waals surface area contributed by atoms with E-state index >= 15 is 0 Å². The van der Waals surface area contributed by atoms with Gasteiger partial charge in [-0.2, -0.15) is 0 Å². The van der Waals surface area contributed by atoms with E-state index in [-0.39, 0.29) is 0 Å². The summed E-state index contributed by atoms with van der Waals surface area (Å²) in [5.41, 5.74) is 7.59. The maximum atomic E-state index is 6.52. The third kappa shape index (κ3) is 5.72. The molecule has 38 heavy (non-hydrogen) atoms. The molecule has 0 bridgehead atoms. The predicted octanol–water partition coefficient (Wildman–Crippen LogP) is 8.21. The van der Waals surface area contributed by atoms with Crippen molar-refractivity contribution in [2.75, 3.05) is 54.0 Å². The van der Waals surface area contributed by atoms with E-state index in [2.05, 4.69) is 129 Å².